The minimum absolute atomic E-state index is 0.562. The van der Waals surface area contributed by atoms with E-state index in [0.717, 1.165) is 34.3 Å². The van der Waals surface area contributed by atoms with Crippen molar-refractivity contribution >= 4 is 27.4 Å². The van der Waals surface area contributed by atoms with Gasteiger partial charge in [-0.25, -0.2) is 15.0 Å². The number of hydrogen-bond donors (Lipinski definition) is 1. The summed E-state index contributed by atoms with van der Waals surface area (Å²) in [5.74, 6) is 2.45. The van der Waals surface area contributed by atoms with Crippen LogP contribution < -0.4 is 5.32 Å². The number of nitrogens with zero attached hydrogens (tertiary/aromatic N) is 3. The van der Waals surface area contributed by atoms with Gasteiger partial charge in [0, 0.05) is 25.5 Å². The van der Waals surface area contributed by atoms with Crippen LogP contribution in [-0.2, 0) is 6.42 Å². The SMILES string of the molecule is CNc1cc(Cc2nc3ccccc3s2)nc(C2CC2)n1. The Balaban J connectivity index is 1.67. The summed E-state index contributed by atoms with van der Waals surface area (Å²) in [6, 6.07) is 10.3. The van der Waals surface area contributed by atoms with E-state index < -0.39 is 0 Å². The van der Waals surface area contributed by atoms with Crippen LogP contribution in [0.1, 0.15) is 35.3 Å². The Hall–Kier alpha value is -2.01. The molecule has 0 atom stereocenters. The fourth-order valence-electron chi connectivity index (χ4n) is 2.41. The number of fused-ring (bicyclic) bond motifs is 1. The Kier molecular flexibility index (Phi) is 3.07. The fourth-order valence-corrected chi connectivity index (χ4v) is 3.39. The van der Waals surface area contributed by atoms with Gasteiger partial charge in [0.1, 0.15) is 11.6 Å². The summed E-state index contributed by atoms with van der Waals surface area (Å²) in [5, 5.41) is 4.24. The normalized spacial score (nSPS) is 14.5. The molecule has 1 aliphatic carbocycles. The predicted octanol–water partition coefficient (Wildman–Crippen LogP) is 3.60. The van der Waals surface area contributed by atoms with E-state index in [1.807, 2.05) is 19.2 Å². The predicted molar refractivity (Wildman–Crippen MR) is 86.0 cm³/mol. The maximum absolute atomic E-state index is 4.72. The van der Waals surface area contributed by atoms with E-state index in [-0.39, 0.29) is 0 Å². The van der Waals surface area contributed by atoms with Gasteiger partial charge < -0.3 is 5.32 Å². The molecule has 1 fully saturated rings. The van der Waals surface area contributed by atoms with E-state index in [0.29, 0.717) is 5.92 Å². The van der Waals surface area contributed by atoms with E-state index in [9.17, 15) is 0 Å². The quantitative estimate of drug-likeness (QED) is 0.799. The summed E-state index contributed by atoms with van der Waals surface area (Å²) in [7, 11) is 1.90. The second-order valence-corrected chi connectivity index (χ2v) is 6.49. The van der Waals surface area contributed by atoms with Gasteiger partial charge in [-0.2, -0.15) is 0 Å². The highest BCUT2D eigenvalue weighted by Gasteiger charge is 2.27. The standard InChI is InChI=1S/C16H16N4S/c1-17-14-8-11(18-16(20-14)10-6-7-10)9-15-19-12-4-2-3-5-13(12)21-15/h2-5,8,10H,6-7,9H2,1H3,(H,17,18,20). The Bertz CT molecular complexity index is 759. The molecule has 0 saturated heterocycles. The zero-order valence-electron chi connectivity index (χ0n) is 11.8. The molecule has 0 amide bonds. The highest BCUT2D eigenvalue weighted by atomic mass is 32.1. The van der Waals surface area contributed by atoms with Crippen LogP contribution in [0.2, 0.25) is 0 Å². The molecule has 1 saturated carbocycles. The molecule has 4 rings (SSSR count). The Morgan fingerprint density at radius 2 is 2.05 bits per heavy atom. The van der Waals surface area contributed by atoms with Gasteiger partial charge in [-0.1, -0.05) is 12.1 Å². The van der Waals surface area contributed by atoms with Crippen molar-refractivity contribution in [1.29, 1.82) is 0 Å². The van der Waals surface area contributed by atoms with Crippen LogP contribution in [0, 0.1) is 0 Å². The highest BCUT2D eigenvalue weighted by molar-refractivity contribution is 7.18. The number of nitrogens with one attached hydrogen (secondary N) is 1. The molecule has 2 aromatic heterocycles. The smallest absolute Gasteiger partial charge is 0.134 e. The molecular formula is C16H16N4S. The topological polar surface area (TPSA) is 50.7 Å². The number of hydrogen-bond acceptors (Lipinski definition) is 5. The van der Waals surface area contributed by atoms with Crippen molar-refractivity contribution in [3.8, 4) is 0 Å². The number of rotatable bonds is 4. The van der Waals surface area contributed by atoms with Crippen LogP contribution in [-0.4, -0.2) is 22.0 Å². The molecule has 2 heterocycles. The van der Waals surface area contributed by atoms with Gasteiger partial charge in [0.15, 0.2) is 0 Å². The van der Waals surface area contributed by atoms with Gasteiger partial charge in [-0.15, -0.1) is 11.3 Å². The maximum Gasteiger partial charge on any atom is 0.134 e. The van der Waals surface area contributed by atoms with Gasteiger partial charge in [0.2, 0.25) is 0 Å². The van der Waals surface area contributed by atoms with Crippen molar-refractivity contribution in [2.75, 3.05) is 12.4 Å². The average molecular weight is 296 g/mol. The van der Waals surface area contributed by atoms with Crippen LogP contribution in [0.15, 0.2) is 30.3 Å². The van der Waals surface area contributed by atoms with Crippen molar-refractivity contribution in [1.82, 2.24) is 15.0 Å². The number of para-hydroxylation sites is 1. The van der Waals surface area contributed by atoms with Crippen LogP contribution in [0.25, 0.3) is 10.2 Å². The van der Waals surface area contributed by atoms with Crippen molar-refractivity contribution in [2.24, 2.45) is 0 Å². The molecule has 0 bridgehead atoms. The summed E-state index contributed by atoms with van der Waals surface area (Å²) in [4.78, 5) is 14.0. The summed E-state index contributed by atoms with van der Waals surface area (Å²) in [5.41, 5.74) is 2.12. The average Bonchev–Trinajstić information content (AvgIpc) is 3.27. The van der Waals surface area contributed by atoms with Gasteiger partial charge in [-0.3, -0.25) is 0 Å². The Morgan fingerprint density at radius 1 is 1.19 bits per heavy atom. The summed E-state index contributed by atoms with van der Waals surface area (Å²) >= 11 is 1.74. The molecule has 21 heavy (non-hydrogen) atoms. The zero-order valence-corrected chi connectivity index (χ0v) is 12.7. The van der Waals surface area contributed by atoms with Gasteiger partial charge >= 0.3 is 0 Å². The lowest BCUT2D eigenvalue weighted by atomic mass is 10.2. The third-order valence-corrected chi connectivity index (χ3v) is 4.70. The Labute approximate surface area is 127 Å². The molecular weight excluding hydrogens is 280 g/mol. The zero-order chi connectivity index (χ0) is 14.2. The highest BCUT2D eigenvalue weighted by Crippen LogP contribution is 2.38. The minimum Gasteiger partial charge on any atom is -0.373 e. The third-order valence-electron chi connectivity index (χ3n) is 3.67. The first-order valence-corrected chi connectivity index (χ1v) is 8.03. The summed E-state index contributed by atoms with van der Waals surface area (Å²) in [6.07, 6.45) is 3.21. The molecule has 0 radical (unpaired) electrons. The number of anilines is 1. The van der Waals surface area contributed by atoms with Crippen LogP contribution in [0.4, 0.5) is 5.82 Å². The van der Waals surface area contributed by atoms with Crippen molar-refractivity contribution in [2.45, 2.75) is 25.2 Å². The van der Waals surface area contributed by atoms with Crippen LogP contribution in [0.5, 0.6) is 0 Å². The Morgan fingerprint density at radius 3 is 2.81 bits per heavy atom. The molecule has 1 aromatic carbocycles. The van der Waals surface area contributed by atoms with Crippen LogP contribution >= 0.6 is 11.3 Å². The van der Waals surface area contributed by atoms with Crippen LogP contribution in [0.3, 0.4) is 0 Å². The first kappa shape index (κ1) is 12.7. The first-order chi connectivity index (χ1) is 10.3. The lowest BCUT2D eigenvalue weighted by molar-refractivity contribution is 0.888. The second-order valence-electron chi connectivity index (χ2n) is 5.38. The molecule has 1 N–H and O–H groups in total. The van der Waals surface area contributed by atoms with Gasteiger partial charge in [-0.05, 0) is 25.0 Å². The van der Waals surface area contributed by atoms with E-state index in [1.165, 1.54) is 17.5 Å². The van der Waals surface area contributed by atoms with Gasteiger partial charge in [0.05, 0.1) is 20.9 Å². The second kappa shape index (κ2) is 5.07. The lowest BCUT2D eigenvalue weighted by Crippen LogP contribution is -2.03. The third kappa shape index (κ3) is 2.61. The molecule has 0 aliphatic heterocycles. The van der Waals surface area contributed by atoms with Crippen molar-refractivity contribution in [3.05, 3.63) is 46.9 Å². The molecule has 4 nitrogen and oxygen atoms in total. The number of benzene rings is 1. The molecule has 0 unspecified atom stereocenters. The largest absolute Gasteiger partial charge is 0.373 e. The summed E-state index contributed by atoms with van der Waals surface area (Å²) < 4.78 is 1.23. The molecule has 5 heteroatoms. The summed E-state index contributed by atoms with van der Waals surface area (Å²) in [6.45, 7) is 0. The first-order valence-electron chi connectivity index (χ1n) is 7.22. The van der Waals surface area contributed by atoms with E-state index in [4.69, 9.17) is 9.97 Å². The fraction of sp³-hybridized carbons (Fsp3) is 0.312. The molecule has 0 spiro atoms. The van der Waals surface area contributed by atoms with Crippen molar-refractivity contribution in [3.63, 3.8) is 0 Å². The lowest BCUT2D eigenvalue weighted by Gasteiger charge is -2.06. The molecule has 1 aliphatic rings. The van der Waals surface area contributed by atoms with E-state index in [1.54, 1.807) is 11.3 Å². The van der Waals surface area contributed by atoms with Crippen molar-refractivity contribution < 1.29 is 0 Å². The van der Waals surface area contributed by atoms with Gasteiger partial charge in [0.25, 0.3) is 0 Å². The maximum atomic E-state index is 4.72. The molecule has 3 aromatic rings. The number of aromatic nitrogens is 3. The molecule has 106 valence electrons. The van der Waals surface area contributed by atoms with E-state index in [2.05, 4.69) is 28.5 Å². The van der Waals surface area contributed by atoms with E-state index >= 15 is 0 Å². The minimum atomic E-state index is 0.562. The number of thiazole rings is 1. The monoisotopic (exact) mass is 296 g/mol.